The first-order valence-corrected chi connectivity index (χ1v) is 36.8. The zero-order chi connectivity index (χ0) is 88.4. The fourth-order valence-corrected chi connectivity index (χ4v) is 12.2. The lowest BCUT2D eigenvalue weighted by Crippen LogP contribution is -2.56. The van der Waals surface area contributed by atoms with Gasteiger partial charge >= 0.3 is 29.8 Å². The summed E-state index contributed by atoms with van der Waals surface area (Å²) in [6.07, 6.45) is -43.0. The number of aliphatic carboxylic acids is 5. The summed E-state index contributed by atoms with van der Waals surface area (Å²) >= 11 is 3.81. The second-order valence-electron chi connectivity index (χ2n) is 27.7. The first-order chi connectivity index (χ1) is 54.9. The highest BCUT2D eigenvalue weighted by Crippen LogP contribution is 2.28. The molecular weight excluding hydrogens is 1590 g/mol. The van der Waals surface area contributed by atoms with Gasteiger partial charge in [-0.2, -0.15) is 17.6 Å². The van der Waals surface area contributed by atoms with Crippen molar-refractivity contribution in [2.75, 3.05) is 43.2 Å². The van der Waals surface area contributed by atoms with Crippen LogP contribution in [0.5, 0.6) is 0 Å². The number of carbonyl (C=O) groups excluding carboxylic acids is 9. The molecule has 654 valence electrons. The predicted octanol–water partition coefficient (Wildman–Crippen LogP) is -10.4. The first kappa shape index (κ1) is 101. The molecule has 5 amide bonds. The predicted molar refractivity (Wildman–Crippen MR) is 395 cm³/mol. The van der Waals surface area contributed by atoms with Crippen LogP contribution in [0.25, 0.3) is 11.2 Å². The second kappa shape index (κ2) is 50.0. The number of rotatable bonds is 59. The molecule has 0 saturated heterocycles. The number of Topliss-reactive ketones (excluding diaryl/α,β-unsaturated/α-hetero) is 4. The number of amides is 5. The van der Waals surface area contributed by atoms with Gasteiger partial charge in [0.15, 0.2) is 16.9 Å². The Kier molecular flexibility index (Phi) is 43.3. The van der Waals surface area contributed by atoms with Crippen molar-refractivity contribution in [3.8, 4) is 0 Å². The molecular formula is C69H101N11O36S. The zero-order valence-electron chi connectivity index (χ0n) is 62.4. The molecule has 0 saturated carbocycles. The molecule has 2 aromatic heterocycles. The molecule has 0 spiro atoms. The fraction of sp³-hybridized carbons (Fsp3) is 0.623. The average Bonchev–Trinajstić information content (AvgIpc) is 0.812. The molecule has 0 aliphatic rings. The highest BCUT2D eigenvalue weighted by molar-refractivity contribution is 7.80. The molecule has 0 bridgehead atoms. The Morgan fingerprint density at radius 2 is 0.846 bits per heavy atom. The highest BCUT2D eigenvalue weighted by atomic mass is 32.1. The van der Waals surface area contributed by atoms with E-state index in [9.17, 15) is 179 Å². The van der Waals surface area contributed by atoms with Gasteiger partial charge in [0.25, 0.3) is 11.5 Å². The number of carboxylic acid groups (broad SMARTS) is 5. The number of ketones is 4. The number of nitrogens with one attached hydrogen (secondary N) is 7. The van der Waals surface area contributed by atoms with E-state index >= 15 is 0 Å². The van der Waals surface area contributed by atoms with Crippen LogP contribution in [0.15, 0.2) is 35.3 Å². The SMILES string of the molecule is Nc1nc2ncc(CNc3ccc(C(=O)N[C@@H](CCC(=O)C[C@H](CC(=O)C[C@@H](CCC(=O)O)C(=O)N[C@H](CC(=O)N[C@@H](CCC(=O)O)C(=O)C[C@H](CC(=O)C[C@@H](CCC(=O)O)C(=O)N[C@H](CC(=O)N[C@@H](CS)C(=O)O)[C@@H](O)[C@H](O)[C@H](O)CO)[C@@H](O)[C@H](O)[C@H](O)CO)[C@@H](O)[C@H](O)[C@H](O)CO)[C@@H](O)[C@H](O)[C@H](O)CO)C(=O)O)cc3)nc2c(=O)[nH]1. The molecule has 3 aromatic rings. The maximum Gasteiger partial charge on any atom is 0.327 e. The van der Waals surface area contributed by atoms with Crippen LogP contribution >= 0.6 is 12.6 Å². The van der Waals surface area contributed by atoms with E-state index in [4.69, 9.17) is 5.73 Å². The monoisotopic (exact) mass is 1690 g/mol. The summed E-state index contributed by atoms with van der Waals surface area (Å²) in [6.45, 7) is -5.03. The van der Waals surface area contributed by atoms with Gasteiger partial charge in [-0.05, 0) is 49.9 Å². The van der Waals surface area contributed by atoms with E-state index in [0.717, 1.165) is 0 Å². The molecule has 21 atom stereocenters. The molecule has 0 radical (unpaired) electrons. The first-order valence-electron chi connectivity index (χ1n) is 36.2. The number of nitrogens with two attached hydrogens (primary N) is 1. The van der Waals surface area contributed by atoms with E-state index in [-0.39, 0.29) is 29.2 Å². The molecule has 0 aliphatic heterocycles. The van der Waals surface area contributed by atoms with Crippen LogP contribution in [-0.2, 0) is 68.9 Å². The van der Waals surface area contributed by atoms with Gasteiger partial charge < -0.3 is 145 Å². The normalized spacial score (nSPS) is 17.0. The summed E-state index contributed by atoms with van der Waals surface area (Å²) in [4.78, 5) is 212. The summed E-state index contributed by atoms with van der Waals surface area (Å²) in [5, 5.41) is 230. The Labute approximate surface area is 668 Å². The Hall–Kier alpha value is -9.87. The minimum absolute atomic E-state index is 0.00473. The van der Waals surface area contributed by atoms with Crippen molar-refractivity contribution >= 4 is 118 Å². The number of aliphatic hydroxyl groups excluding tert-OH is 16. The molecule has 0 fully saturated rings. The smallest absolute Gasteiger partial charge is 0.327 e. The van der Waals surface area contributed by atoms with Crippen LogP contribution in [0.4, 0.5) is 11.6 Å². The number of hydrogen-bond acceptors (Lipinski definition) is 37. The molecule has 117 heavy (non-hydrogen) atoms. The summed E-state index contributed by atoms with van der Waals surface area (Å²) in [6, 6.07) is -4.45. The van der Waals surface area contributed by atoms with Gasteiger partial charge in [0.2, 0.25) is 29.6 Å². The third-order valence-electron chi connectivity index (χ3n) is 18.6. The minimum Gasteiger partial charge on any atom is -0.481 e. The molecule has 0 unspecified atom stereocenters. The Bertz CT molecular complexity index is 3920. The van der Waals surface area contributed by atoms with E-state index in [1.54, 1.807) is 0 Å². The van der Waals surface area contributed by atoms with Crippen LogP contribution in [-0.4, -0.2) is 345 Å². The van der Waals surface area contributed by atoms with Gasteiger partial charge in [-0.25, -0.2) is 19.6 Å². The van der Waals surface area contributed by atoms with Gasteiger partial charge in [-0.15, -0.1) is 0 Å². The van der Waals surface area contributed by atoms with Crippen LogP contribution in [0.2, 0.25) is 0 Å². The van der Waals surface area contributed by atoms with Crippen molar-refractivity contribution in [1.82, 2.24) is 46.5 Å². The summed E-state index contributed by atoms with van der Waals surface area (Å²) < 4.78 is 0. The molecule has 2 heterocycles. The molecule has 48 heteroatoms. The number of nitrogens with zero attached hydrogens (tertiary/aromatic N) is 3. The Morgan fingerprint density at radius 3 is 1.26 bits per heavy atom. The lowest BCUT2D eigenvalue weighted by atomic mass is 9.82. The maximum atomic E-state index is 14.4. The largest absolute Gasteiger partial charge is 0.481 e. The number of hydrogen-bond donors (Lipinski definition) is 30. The zero-order valence-corrected chi connectivity index (χ0v) is 63.3. The van der Waals surface area contributed by atoms with Gasteiger partial charge in [-0.1, -0.05) is 0 Å². The van der Waals surface area contributed by atoms with Crippen LogP contribution in [0.3, 0.4) is 0 Å². The lowest BCUT2D eigenvalue weighted by Gasteiger charge is -2.32. The van der Waals surface area contributed by atoms with Gasteiger partial charge in [-0.3, -0.25) is 67.3 Å². The van der Waals surface area contributed by atoms with Crippen LogP contribution in [0, 0.1) is 23.7 Å². The minimum atomic E-state index is -2.60. The van der Waals surface area contributed by atoms with Gasteiger partial charge in [0.05, 0.1) is 75.2 Å². The van der Waals surface area contributed by atoms with E-state index in [1.807, 2.05) is 5.32 Å². The van der Waals surface area contributed by atoms with E-state index in [0.29, 0.717) is 11.4 Å². The topological polar surface area (TPSA) is 834 Å². The summed E-state index contributed by atoms with van der Waals surface area (Å²) in [5.41, 5.74) is 5.46. The van der Waals surface area contributed by atoms with E-state index in [2.05, 4.69) is 59.1 Å². The van der Waals surface area contributed by atoms with Gasteiger partial charge in [0.1, 0.15) is 90.5 Å². The maximum absolute atomic E-state index is 14.4. The number of aliphatic hydroxyl groups is 16. The standard InChI is InChI=1S/C69H101N11O36S/c70-69-79-62-53(66(112)80-69)73-34(22-72-62)21-71-33-5-1-28(2-6-33)63(109)76-39(67(113)114)8-7-35(85)15-31(54(101)58(105)44(89)23-81)16-36(86)13-29(3-10-50(95)96)64(110)77-40(56(103)60(107)46(91)25-83)19-48(93)74-38(9-12-52(99)100)43(88)18-32(55(102)59(106)45(90)24-82)17-37(87)14-30(4-11-51(97)98)65(111)78-41(57(104)61(108)47(92)26-84)20-49(94)75-42(27-117)68(115)116/h1-2,5-6,22,29-32,38-42,44-47,54-61,71,81-84,89-92,101-108,117H,3-4,7-21,23-27H2,(H,74,93)(H,75,94)(H,76,109)(H,77,110)(H,78,111)(H,95,96)(H,97,98)(H,99,100)(H,113,114)(H,115,116)(H3,70,72,79,80,112)/t29-,30-,31-,32+,38+,39+,40-,41-,42+,44-,45-,46-,47-,54-,55-,56-,57-,58-,59-,60-,61-/m1/s1. The number of carboxylic acids is 5. The number of H-pyrrole nitrogens is 1. The second-order valence-corrected chi connectivity index (χ2v) is 28.0. The molecule has 3 rings (SSSR count). The van der Waals surface area contributed by atoms with Crippen molar-refractivity contribution in [3.63, 3.8) is 0 Å². The summed E-state index contributed by atoms with van der Waals surface area (Å²) in [5.74, 6) is -27.6. The van der Waals surface area contributed by atoms with E-state index < -0.39 is 350 Å². The third-order valence-corrected chi connectivity index (χ3v) is 19.0. The Morgan fingerprint density at radius 1 is 0.444 bits per heavy atom. The number of fused-ring (bicyclic) bond motifs is 1. The Balaban J connectivity index is 1.95. The summed E-state index contributed by atoms with van der Waals surface area (Å²) in [7, 11) is 0. The van der Waals surface area contributed by atoms with Crippen LogP contribution in [0.1, 0.15) is 119 Å². The molecule has 30 N–H and O–H groups in total. The quantitative estimate of drug-likeness (QED) is 0.0233. The number of aromatic amines is 1. The molecule has 0 aliphatic carbocycles. The molecule has 1 aromatic carbocycles. The number of aromatic nitrogens is 4. The lowest BCUT2D eigenvalue weighted by molar-refractivity contribution is -0.142. The fourth-order valence-electron chi connectivity index (χ4n) is 11.9. The average molecular weight is 1690 g/mol. The number of thiol groups is 1. The number of nitrogen functional groups attached to an aromatic ring is 1. The molecule has 47 nitrogen and oxygen atoms in total. The number of carbonyl (C=O) groups is 14. The third kappa shape index (κ3) is 33.9. The van der Waals surface area contributed by atoms with Crippen molar-refractivity contribution in [1.29, 1.82) is 0 Å². The van der Waals surface area contributed by atoms with Crippen molar-refractivity contribution in [3.05, 3.63) is 52.1 Å². The van der Waals surface area contributed by atoms with Crippen LogP contribution < -0.4 is 43.2 Å². The van der Waals surface area contributed by atoms with Crippen molar-refractivity contribution in [2.24, 2.45) is 23.7 Å². The highest BCUT2D eigenvalue weighted by Gasteiger charge is 2.42. The number of anilines is 2. The van der Waals surface area contributed by atoms with Crippen molar-refractivity contribution < 1.29 is 174 Å². The van der Waals surface area contributed by atoms with Crippen molar-refractivity contribution in [2.45, 2.75) is 213 Å². The van der Waals surface area contributed by atoms with E-state index in [1.165, 1.54) is 30.5 Å². The van der Waals surface area contributed by atoms with Gasteiger partial charge in [0, 0.05) is 118 Å². The number of benzene rings is 1.